The van der Waals surface area contributed by atoms with Crippen LogP contribution in [-0.2, 0) is 20.9 Å². The number of hydrogen-bond acceptors (Lipinski definition) is 4. The number of carbonyl (C=O) groups excluding carboxylic acids is 3. The van der Waals surface area contributed by atoms with Gasteiger partial charge in [0, 0.05) is 20.2 Å². The molecule has 0 unspecified atom stereocenters. The summed E-state index contributed by atoms with van der Waals surface area (Å²) >= 11 is 0. The van der Waals surface area contributed by atoms with Crippen LogP contribution in [0.4, 0.5) is 4.79 Å². The highest BCUT2D eigenvalue weighted by Gasteiger charge is 2.31. The zero-order valence-corrected chi connectivity index (χ0v) is 14.6. The maximum atomic E-state index is 12.7. The molecule has 2 aromatic rings. The van der Waals surface area contributed by atoms with Crippen molar-refractivity contribution >= 4 is 28.6 Å². The first-order chi connectivity index (χ1) is 12.6. The van der Waals surface area contributed by atoms with E-state index in [-0.39, 0.29) is 24.9 Å². The molecule has 0 saturated carbocycles. The minimum absolute atomic E-state index is 0.0620. The summed E-state index contributed by atoms with van der Waals surface area (Å²) in [7, 11) is 1.57. The Kier molecular flexibility index (Phi) is 5.48. The molecule has 1 aliphatic heterocycles. The molecule has 0 radical (unpaired) electrons. The molecular weight excluding hydrogens is 334 g/mol. The number of hydrogen-bond donors (Lipinski definition) is 1. The number of fused-ring (bicyclic) bond motifs is 1. The van der Waals surface area contributed by atoms with E-state index < -0.39 is 6.03 Å². The fourth-order valence-electron chi connectivity index (χ4n) is 2.98. The molecule has 136 valence electrons. The van der Waals surface area contributed by atoms with Crippen LogP contribution in [0.3, 0.4) is 0 Å². The molecule has 1 aliphatic rings. The number of amides is 4. The lowest BCUT2D eigenvalue weighted by molar-refractivity contribution is -0.137. The fraction of sp³-hybridized carbons (Fsp3) is 0.316. The molecule has 4 amide bonds. The third kappa shape index (κ3) is 3.83. The van der Waals surface area contributed by atoms with Crippen molar-refractivity contribution < 1.29 is 19.1 Å². The van der Waals surface area contributed by atoms with Gasteiger partial charge < -0.3 is 15.0 Å². The average molecular weight is 355 g/mol. The summed E-state index contributed by atoms with van der Waals surface area (Å²) in [4.78, 5) is 38.7. The molecule has 0 bridgehead atoms. The second-order valence-corrected chi connectivity index (χ2v) is 6.08. The van der Waals surface area contributed by atoms with Crippen molar-refractivity contribution in [2.24, 2.45) is 0 Å². The third-order valence-corrected chi connectivity index (χ3v) is 4.39. The second-order valence-electron chi connectivity index (χ2n) is 6.08. The Morgan fingerprint density at radius 1 is 1.19 bits per heavy atom. The maximum absolute atomic E-state index is 12.7. The highest BCUT2D eigenvalue weighted by Crippen LogP contribution is 2.20. The molecule has 3 rings (SSSR count). The molecule has 2 aromatic carbocycles. The number of methoxy groups -OCH3 is 1. The lowest BCUT2D eigenvalue weighted by Gasteiger charge is -2.25. The van der Waals surface area contributed by atoms with Crippen LogP contribution in [0.25, 0.3) is 10.8 Å². The number of rotatable bonds is 7. The molecule has 7 nitrogen and oxygen atoms in total. The van der Waals surface area contributed by atoms with E-state index in [0.717, 1.165) is 21.2 Å². The Bertz CT molecular complexity index is 815. The summed E-state index contributed by atoms with van der Waals surface area (Å²) in [5.41, 5.74) is 1.00. The molecule has 0 atom stereocenters. The number of ether oxygens (including phenoxy) is 1. The van der Waals surface area contributed by atoms with E-state index in [1.807, 2.05) is 42.5 Å². The largest absolute Gasteiger partial charge is 0.383 e. The van der Waals surface area contributed by atoms with Crippen molar-refractivity contribution in [3.8, 4) is 0 Å². The zero-order valence-electron chi connectivity index (χ0n) is 14.6. The van der Waals surface area contributed by atoms with Gasteiger partial charge in [-0.15, -0.1) is 0 Å². The molecule has 1 N–H and O–H groups in total. The first kappa shape index (κ1) is 17.9. The zero-order chi connectivity index (χ0) is 18.5. The van der Waals surface area contributed by atoms with Gasteiger partial charge in [-0.1, -0.05) is 42.5 Å². The molecule has 26 heavy (non-hydrogen) atoms. The minimum atomic E-state index is -0.528. The third-order valence-electron chi connectivity index (χ3n) is 4.39. The standard InChI is InChI=1S/C19H21N3O4/c1-26-10-9-21(18(24)13-22-17(23)11-20-19(22)25)12-15-7-4-6-14-5-2-3-8-16(14)15/h2-8H,9-13H2,1H3,(H,20,25). The highest BCUT2D eigenvalue weighted by atomic mass is 16.5. The normalized spacial score (nSPS) is 14.0. The molecule has 7 heteroatoms. The minimum Gasteiger partial charge on any atom is -0.383 e. The van der Waals surface area contributed by atoms with E-state index >= 15 is 0 Å². The first-order valence-electron chi connectivity index (χ1n) is 8.41. The van der Waals surface area contributed by atoms with E-state index in [1.54, 1.807) is 12.0 Å². The quantitative estimate of drug-likeness (QED) is 0.761. The van der Waals surface area contributed by atoms with E-state index in [9.17, 15) is 14.4 Å². The maximum Gasteiger partial charge on any atom is 0.325 e. The number of imide groups is 1. The van der Waals surface area contributed by atoms with Gasteiger partial charge in [0.25, 0.3) is 5.91 Å². The fourth-order valence-corrected chi connectivity index (χ4v) is 2.98. The van der Waals surface area contributed by atoms with Gasteiger partial charge in [0.2, 0.25) is 5.91 Å². The Morgan fingerprint density at radius 2 is 1.96 bits per heavy atom. The van der Waals surface area contributed by atoms with Gasteiger partial charge in [-0.25, -0.2) is 4.79 Å². The van der Waals surface area contributed by atoms with Crippen LogP contribution in [0.1, 0.15) is 5.56 Å². The summed E-state index contributed by atoms with van der Waals surface area (Å²) in [6.07, 6.45) is 0. The van der Waals surface area contributed by atoms with Gasteiger partial charge >= 0.3 is 6.03 Å². The monoisotopic (exact) mass is 355 g/mol. The van der Waals surface area contributed by atoms with Crippen LogP contribution < -0.4 is 5.32 Å². The smallest absolute Gasteiger partial charge is 0.325 e. The van der Waals surface area contributed by atoms with Crippen LogP contribution >= 0.6 is 0 Å². The van der Waals surface area contributed by atoms with E-state index in [0.29, 0.717) is 19.7 Å². The van der Waals surface area contributed by atoms with E-state index in [1.165, 1.54) is 0 Å². The molecule has 0 aromatic heterocycles. The lowest BCUT2D eigenvalue weighted by Crippen LogP contribution is -2.43. The number of nitrogens with zero attached hydrogens (tertiary/aromatic N) is 2. The van der Waals surface area contributed by atoms with Gasteiger partial charge in [-0.2, -0.15) is 0 Å². The van der Waals surface area contributed by atoms with Crippen molar-refractivity contribution in [3.63, 3.8) is 0 Å². The second kappa shape index (κ2) is 7.97. The summed E-state index contributed by atoms with van der Waals surface area (Å²) in [5.74, 6) is -0.680. The van der Waals surface area contributed by atoms with Gasteiger partial charge in [-0.05, 0) is 16.3 Å². The van der Waals surface area contributed by atoms with Crippen LogP contribution in [-0.4, -0.2) is 61.0 Å². The first-order valence-corrected chi connectivity index (χ1v) is 8.41. The predicted octanol–water partition coefficient (Wildman–Crippen LogP) is 1.37. The van der Waals surface area contributed by atoms with Crippen molar-refractivity contribution in [1.82, 2.24) is 15.1 Å². The van der Waals surface area contributed by atoms with Gasteiger partial charge in [0.15, 0.2) is 0 Å². The highest BCUT2D eigenvalue weighted by molar-refractivity contribution is 6.04. The summed E-state index contributed by atoms with van der Waals surface area (Å²) < 4.78 is 5.11. The van der Waals surface area contributed by atoms with E-state index in [2.05, 4.69) is 5.32 Å². The molecule has 1 fully saturated rings. The van der Waals surface area contributed by atoms with Gasteiger partial charge in [-0.3, -0.25) is 14.5 Å². The molecular formula is C19H21N3O4. The van der Waals surface area contributed by atoms with Crippen molar-refractivity contribution in [1.29, 1.82) is 0 Å². The van der Waals surface area contributed by atoms with Crippen LogP contribution in [0.2, 0.25) is 0 Å². The molecule has 1 heterocycles. The summed E-state index contributed by atoms with van der Waals surface area (Å²) in [5, 5.41) is 4.59. The summed E-state index contributed by atoms with van der Waals surface area (Å²) in [6, 6.07) is 13.4. The van der Waals surface area contributed by atoms with Crippen LogP contribution in [0, 0.1) is 0 Å². The predicted molar refractivity (Wildman–Crippen MR) is 96.4 cm³/mol. The number of nitrogens with one attached hydrogen (secondary N) is 1. The van der Waals surface area contributed by atoms with Gasteiger partial charge in [0.1, 0.15) is 6.54 Å². The Balaban J connectivity index is 1.80. The van der Waals surface area contributed by atoms with Crippen molar-refractivity contribution in [2.75, 3.05) is 33.4 Å². The van der Waals surface area contributed by atoms with Crippen LogP contribution in [0.15, 0.2) is 42.5 Å². The molecule has 1 saturated heterocycles. The number of carbonyl (C=O) groups is 3. The molecule has 0 spiro atoms. The Labute approximate surface area is 151 Å². The lowest BCUT2D eigenvalue weighted by atomic mass is 10.0. The Morgan fingerprint density at radius 3 is 2.69 bits per heavy atom. The van der Waals surface area contributed by atoms with Gasteiger partial charge in [0.05, 0.1) is 13.2 Å². The SMILES string of the molecule is COCCN(Cc1cccc2ccccc12)C(=O)CN1C(=O)CNC1=O. The van der Waals surface area contributed by atoms with E-state index in [4.69, 9.17) is 4.74 Å². The number of urea groups is 1. The topological polar surface area (TPSA) is 79.0 Å². The average Bonchev–Trinajstić information content (AvgIpc) is 2.97. The summed E-state index contributed by atoms with van der Waals surface area (Å²) in [6.45, 7) is 0.804. The Hall–Kier alpha value is -2.93. The van der Waals surface area contributed by atoms with Crippen molar-refractivity contribution in [3.05, 3.63) is 48.0 Å². The van der Waals surface area contributed by atoms with Crippen molar-refractivity contribution in [2.45, 2.75) is 6.54 Å². The van der Waals surface area contributed by atoms with Crippen LogP contribution in [0.5, 0.6) is 0 Å². The molecule has 0 aliphatic carbocycles. The number of benzene rings is 2.